The van der Waals surface area contributed by atoms with Crippen LogP contribution in [0.5, 0.6) is 5.75 Å². The number of carbonyl (C=O) groups excluding carboxylic acids is 1. The molecule has 0 spiro atoms. The molecule has 0 aliphatic carbocycles. The van der Waals surface area contributed by atoms with E-state index >= 15 is 0 Å². The zero-order chi connectivity index (χ0) is 20.9. The maximum atomic E-state index is 13.6. The molecule has 1 heterocycles. The molecule has 13 heteroatoms. The molecule has 2 rings (SSSR count). The standard InChI is InChI=1S/C15H12Cl2F3NO7/c16-10-6-9-2-3-14(15(18,19)20,28-12(9)11(17)7-10)8-26-13(22)25-4-1-5-27-21(23)24/h2-3,6-7H,1,4-5,8H2. The predicted octanol–water partition coefficient (Wildman–Crippen LogP) is 4.45. The summed E-state index contributed by atoms with van der Waals surface area (Å²) in [7, 11) is 0. The van der Waals surface area contributed by atoms with E-state index in [1.807, 2.05) is 0 Å². The van der Waals surface area contributed by atoms with Crippen LogP contribution in [0.2, 0.25) is 10.0 Å². The molecular weight excluding hydrogens is 434 g/mol. The van der Waals surface area contributed by atoms with Crippen LogP contribution in [0.3, 0.4) is 0 Å². The van der Waals surface area contributed by atoms with Gasteiger partial charge in [-0.3, -0.25) is 0 Å². The minimum atomic E-state index is -4.95. The summed E-state index contributed by atoms with van der Waals surface area (Å²) in [6.45, 7) is -1.94. The third-order valence-electron chi connectivity index (χ3n) is 3.44. The fourth-order valence-electron chi connectivity index (χ4n) is 2.13. The normalized spacial score (nSPS) is 18.0. The zero-order valence-electron chi connectivity index (χ0n) is 13.8. The van der Waals surface area contributed by atoms with Crippen LogP contribution >= 0.6 is 23.2 Å². The number of fused-ring (bicyclic) bond motifs is 1. The summed E-state index contributed by atoms with van der Waals surface area (Å²) in [5.74, 6) is -0.264. The Balaban J connectivity index is 2.02. The fraction of sp³-hybridized carbons (Fsp3) is 0.400. The molecule has 1 aliphatic rings. The second-order valence-electron chi connectivity index (χ2n) is 5.43. The third-order valence-corrected chi connectivity index (χ3v) is 3.94. The van der Waals surface area contributed by atoms with Gasteiger partial charge >= 0.3 is 12.3 Å². The van der Waals surface area contributed by atoms with Crippen LogP contribution in [0.15, 0.2) is 18.2 Å². The first-order chi connectivity index (χ1) is 13.0. The number of ether oxygens (including phenoxy) is 3. The molecule has 0 saturated carbocycles. The van der Waals surface area contributed by atoms with Crippen molar-refractivity contribution in [3.8, 4) is 5.75 Å². The number of hydrogen-bond donors (Lipinski definition) is 0. The molecule has 28 heavy (non-hydrogen) atoms. The lowest BCUT2D eigenvalue weighted by molar-refractivity contribution is -0.757. The van der Waals surface area contributed by atoms with Crippen molar-refractivity contribution in [3.05, 3.63) is 43.9 Å². The first-order valence-electron chi connectivity index (χ1n) is 7.55. The van der Waals surface area contributed by atoms with E-state index in [1.54, 1.807) is 0 Å². The van der Waals surface area contributed by atoms with Crippen LogP contribution < -0.4 is 4.74 Å². The van der Waals surface area contributed by atoms with Crippen LogP contribution in [0.25, 0.3) is 6.08 Å². The van der Waals surface area contributed by atoms with Gasteiger partial charge in [0, 0.05) is 17.0 Å². The molecule has 0 amide bonds. The topological polar surface area (TPSA) is 97.1 Å². The van der Waals surface area contributed by atoms with E-state index in [0.29, 0.717) is 6.08 Å². The molecule has 1 aromatic carbocycles. The van der Waals surface area contributed by atoms with Gasteiger partial charge in [-0.25, -0.2) is 4.79 Å². The maximum Gasteiger partial charge on any atom is 0.508 e. The number of alkyl halides is 3. The summed E-state index contributed by atoms with van der Waals surface area (Å²) >= 11 is 11.7. The molecule has 0 N–H and O–H groups in total. The molecule has 0 bridgehead atoms. The summed E-state index contributed by atoms with van der Waals surface area (Å²) in [5, 5.41) is 8.97. The smallest absolute Gasteiger partial charge is 0.468 e. The Morgan fingerprint density at radius 3 is 2.61 bits per heavy atom. The summed E-state index contributed by atoms with van der Waals surface area (Å²) in [6, 6.07) is 2.58. The lowest BCUT2D eigenvalue weighted by Gasteiger charge is -2.35. The average Bonchev–Trinajstić information content (AvgIpc) is 2.58. The number of nitrogens with zero attached hydrogens (tertiary/aromatic N) is 1. The Bertz CT molecular complexity index is 788. The minimum Gasteiger partial charge on any atom is -0.468 e. The minimum absolute atomic E-state index is 0.0549. The van der Waals surface area contributed by atoms with E-state index in [2.05, 4.69) is 14.3 Å². The van der Waals surface area contributed by atoms with Crippen molar-refractivity contribution in [3.63, 3.8) is 0 Å². The molecule has 0 radical (unpaired) electrons. The molecular formula is C15H12Cl2F3NO7. The van der Waals surface area contributed by atoms with Gasteiger partial charge in [-0.2, -0.15) is 13.2 Å². The Morgan fingerprint density at radius 1 is 1.25 bits per heavy atom. The van der Waals surface area contributed by atoms with Crippen molar-refractivity contribution >= 4 is 35.4 Å². The zero-order valence-corrected chi connectivity index (χ0v) is 15.3. The van der Waals surface area contributed by atoms with Gasteiger partial charge in [0.2, 0.25) is 0 Å². The summed E-state index contributed by atoms with van der Waals surface area (Å²) in [4.78, 5) is 25.4. The highest BCUT2D eigenvalue weighted by Gasteiger charge is 2.58. The molecule has 0 aromatic heterocycles. The molecule has 154 valence electrons. The number of benzene rings is 1. The first-order valence-corrected chi connectivity index (χ1v) is 8.30. The van der Waals surface area contributed by atoms with Crippen molar-refractivity contribution in [2.75, 3.05) is 19.8 Å². The number of hydrogen-bond acceptors (Lipinski definition) is 7. The van der Waals surface area contributed by atoms with Gasteiger partial charge in [0.25, 0.3) is 10.7 Å². The van der Waals surface area contributed by atoms with Crippen molar-refractivity contribution in [2.24, 2.45) is 0 Å². The van der Waals surface area contributed by atoms with Crippen molar-refractivity contribution < 1.29 is 42.1 Å². The van der Waals surface area contributed by atoms with Crippen LogP contribution in [-0.4, -0.2) is 42.8 Å². The van der Waals surface area contributed by atoms with Gasteiger partial charge in [-0.15, -0.1) is 10.1 Å². The maximum absolute atomic E-state index is 13.6. The van der Waals surface area contributed by atoms with Gasteiger partial charge in [0.1, 0.15) is 12.4 Å². The van der Waals surface area contributed by atoms with E-state index in [4.69, 9.17) is 27.9 Å². The summed E-state index contributed by atoms with van der Waals surface area (Å²) in [5.41, 5.74) is -2.75. The van der Waals surface area contributed by atoms with Crippen LogP contribution in [0, 0.1) is 10.1 Å². The highest BCUT2D eigenvalue weighted by atomic mass is 35.5. The average molecular weight is 446 g/mol. The quantitative estimate of drug-likeness (QED) is 0.264. The van der Waals surface area contributed by atoms with Gasteiger partial charge in [0.05, 0.1) is 18.2 Å². The SMILES string of the molecule is O=C(OCCCO[N+](=O)[O-])OCC1(C(F)(F)F)C=Cc2cc(Cl)cc(Cl)c2O1. The van der Waals surface area contributed by atoms with Gasteiger partial charge in [0.15, 0.2) is 0 Å². The fourth-order valence-corrected chi connectivity index (χ4v) is 2.67. The van der Waals surface area contributed by atoms with Gasteiger partial charge in [-0.1, -0.05) is 29.3 Å². The summed E-state index contributed by atoms with van der Waals surface area (Å²) in [6.07, 6.45) is -4.63. The highest BCUT2D eigenvalue weighted by Crippen LogP contribution is 2.45. The van der Waals surface area contributed by atoms with Gasteiger partial charge in [-0.05, 0) is 18.2 Å². The molecule has 0 saturated heterocycles. The number of rotatable bonds is 7. The van der Waals surface area contributed by atoms with E-state index in [0.717, 1.165) is 6.08 Å². The Hall–Kier alpha value is -2.40. The largest absolute Gasteiger partial charge is 0.508 e. The van der Waals surface area contributed by atoms with Crippen LogP contribution in [-0.2, 0) is 14.3 Å². The van der Waals surface area contributed by atoms with E-state index in [1.165, 1.54) is 12.1 Å². The molecule has 8 nitrogen and oxygen atoms in total. The molecule has 1 atom stereocenters. The Kier molecular flexibility index (Phi) is 6.83. The van der Waals surface area contributed by atoms with Crippen molar-refractivity contribution in [1.82, 2.24) is 0 Å². The van der Waals surface area contributed by atoms with Crippen molar-refractivity contribution in [1.29, 1.82) is 0 Å². The monoisotopic (exact) mass is 445 g/mol. The third kappa shape index (κ3) is 5.32. The highest BCUT2D eigenvalue weighted by molar-refractivity contribution is 6.36. The lowest BCUT2D eigenvalue weighted by atomic mass is 9.98. The van der Waals surface area contributed by atoms with E-state index < -0.39 is 29.6 Å². The van der Waals surface area contributed by atoms with Crippen LogP contribution in [0.1, 0.15) is 12.0 Å². The van der Waals surface area contributed by atoms with Crippen LogP contribution in [0.4, 0.5) is 18.0 Å². The summed E-state index contributed by atoms with van der Waals surface area (Å²) < 4.78 is 55.0. The van der Waals surface area contributed by atoms with E-state index in [-0.39, 0.29) is 41.0 Å². The molecule has 0 fully saturated rings. The second kappa shape index (κ2) is 8.74. The molecule has 1 unspecified atom stereocenters. The van der Waals surface area contributed by atoms with Crippen molar-refractivity contribution in [2.45, 2.75) is 18.2 Å². The van der Waals surface area contributed by atoms with E-state index in [9.17, 15) is 28.1 Å². The second-order valence-corrected chi connectivity index (χ2v) is 6.27. The predicted molar refractivity (Wildman–Crippen MR) is 89.8 cm³/mol. The number of halogens is 5. The Labute approximate surface area is 165 Å². The molecule has 1 aliphatic heterocycles. The van der Waals surface area contributed by atoms with Gasteiger partial charge < -0.3 is 19.0 Å². The lowest BCUT2D eigenvalue weighted by Crippen LogP contribution is -2.53. The number of carbonyl (C=O) groups is 1. The Morgan fingerprint density at radius 2 is 1.96 bits per heavy atom. The molecule has 1 aromatic rings. The first kappa shape index (κ1) is 21.9.